The van der Waals surface area contributed by atoms with Gasteiger partial charge in [0.2, 0.25) is 5.69 Å². The molecular formula is C17H17N2+. The maximum atomic E-state index is 4.83. The minimum Gasteiger partial charge on any atom is -0.246 e. The lowest BCUT2D eigenvalue weighted by atomic mass is 10.1. The molecular weight excluding hydrogens is 232 g/mol. The van der Waals surface area contributed by atoms with Crippen LogP contribution in [0.4, 0.5) is 0 Å². The zero-order valence-corrected chi connectivity index (χ0v) is 11.3. The van der Waals surface area contributed by atoms with E-state index in [1.165, 1.54) is 10.8 Å². The third kappa shape index (κ3) is 2.10. The normalized spacial score (nSPS) is 10.8. The molecule has 0 aliphatic heterocycles. The summed E-state index contributed by atoms with van der Waals surface area (Å²) >= 11 is 0. The zero-order chi connectivity index (χ0) is 13.2. The van der Waals surface area contributed by atoms with Crippen LogP contribution >= 0.6 is 0 Å². The van der Waals surface area contributed by atoms with Crippen molar-refractivity contribution < 1.29 is 4.57 Å². The number of benzene rings is 1. The Morgan fingerprint density at radius 1 is 1.05 bits per heavy atom. The molecule has 19 heavy (non-hydrogen) atoms. The van der Waals surface area contributed by atoms with Crippen molar-refractivity contribution in [3.63, 3.8) is 0 Å². The topological polar surface area (TPSA) is 16.8 Å². The number of fused-ring (bicyclic) bond motifs is 1. The Labute approximate surface area is 113 Å². The molecule has 94 valence electrons. The van der Waals surface area contributed by atoms with Gasteiger partial charge in [-0.2, -0.15) is 4.57 Å². The van der Waals surface area contributed by atoms with Crippen LogP contribution in [0.1, 0.15) is 12.6 Å². The van der Waals surface area contributed by atoms with Crippen molar-refractivity contribution >= 4 is 10.8 Å². The molecule has 2 heterocycles. The van der Waals surface area contributed by atoms with Gasteiger partial charge < -0.3 is 0 Å². The van der Waals surface area contributed by atoms with Crippen LogP contribution in [0.5, 0.6) is 0 Å². The summed E-state index contributed by atoms with van der Waals surface area (Å²) in [6.45, 7) is 2.16. The lowest BCUT2D eigenvalue weighted by Crippen LogP contribution is -2.30. The lowest BCUT2D eigenvalue weighted by Gasteiger charge is -2.07. The van der Waals surface area contributed by atoms with E-state index >= 15 is 0 Å². The first-order valence-corrected chi connectivity index (χ1v) is 6.63. The second-order valence-corrected chi connectivity index (χ2v) is 4.73. The second-order valence-electron chi connectivity index (χ2n) is 4.73. The average molecular weight is 249 g/mol. The Bertz CT molecular complexity index is 732. The standard InChI is InChI=1S/C17H17N2/c1-3-15-14-9-5-4-8-13(14)12-16(18-15)17-10-6-7-11-19(17)2/h4-12H,3H2,1-2H3/q+1. The van der Waals surface area contributed by atoms with Crippen LogP contribution in [0.15, 0.2) is 54.7 Å². The van der Waals surface area contributed by atoms with Crippen molar-refractivity contribution in [2.24, 2.45) is 7.05 Å². The molecule has 0 radical (unpaired) electrons. The molecule has 3 rings (SSSR count). The van der Waals surface area contributed by atoms with Crippen LogP contribution in [0.25, 0.3) is 22.2 Å². The number of hydrogen-bond donors (Lipinski definition) is 0. The van der Waals surface area contributed by atoms with Gasteiger partial charge in [0, 0.05) is 23.2 Å². The van der Waals surface area contributed by atoms with Gasteiger partial charge in [-0.15, -0.1) is 0 Å². The predicted octanol–water partition coefficient (Wildman–Crippen LogP) is 3.29. The van der Waals surface area contributed by atoms with E-state index in [9.17, 15) is 0 Å². The maximum absolute atomic E-state index is 4.83. The summed E-state index contributed by atoms with van der Waals surface area (Å²) in [5, 5.41) is 2.51. The molecule has 0 aliphatic rings. The lowest BCUT2D eigenvalue weighted by molar-refractivity contribution is -0.660. The van der Waals surface area contributed by atoms with Crippen LogP contribution in [-0.2, 0) is 13.5 Å². The third-order valence-electron chi connectivity index (χ3n) is 3.47. The summed E-state index contributed by atoms with van der Waals surface area (Å²) in [4.78, 5) is 4.83. The highest BCUT2D eigenvalue weighted by Crippen LogP contribution is 2.23. The fourth-order valence-corrected chi connectivity index (χ4v) is 2.46. The molecule has 1 aromatic carbocycles. The van der Waals surface area contributed by atoms with Crippen molar-refractivity contribution in [1.82, 2.24) is 4.98 Å². The summed E-state index contributed by atoms with van der Waals surface area (Å²) in [6.07, 6.45) is 3.00. The van der Waals surface area contributed by atoms with Crippen molar-refractivity contribution in [3.05, 3.63) is 60.4 Å². The van der Waals surface area contributed by atoms with E-state index in [-0.39, 0.29) is 0 Å². The Morgan fingerprint density at radius 3 is 2.63 bits per heavy atom. The van der Waals surface area contributed by atoms with Crippen LogP contribution in [0.3, 0.4) is 0 Å². The van der Waals surface area contributed by atoms with Gasteiger partial charge in [-0.25, -0.2) is 4.98 Å². The van der Waals surface area contributed by atoms with Crippen LogP contribution in [-0.4, -0.2) is 4.98 Å². The van der Waals surface area contributed by atoms with Gasteiger partial charge in [-0.1, -0.05) is 31.2 Å². The van der Waals surface area contributed by atoms with Gasteiger partial charge in [-0.05, 0) is 23.9 Å². The van der Waals surface area contributed by atoms with Crippen molar-refractivity contribution in [2.45, 2.75) is 13.3 Å². The molecule has 0 saturated heterocycles. The molecule has 0 spiro atoms. The number of aryl methyl sites for hydroxylation is 2. The fraction of sp³-hybridized carbons (Fsp3) is 0.176. The molecule has 0 fully saturated rings. The number of hydrogen-bond acceptors (Lipinski definition) is 1. The minimum atomic E-state index is 0.949. The third-order valence-corrected chi connectivity index (χ3v) is 3.47. The Hall–Kier alpha value is -2.22. The van der Waals surface area contributed by atoms with Crippen LogP contribution < -0.4 is 4.57 Å². The molecule has 0 unspecified atom stereocenters. The number of nitrogens with zero attached hydrogens (tertiary/aromatic N) is 2. The number of aromatic nitrogens is 2. The SMILES string of the molecule is CCc1nc(-c2cccc[n+]2C)cc2ccccc12. The highest BCUT2D eigenvalue weighted by Gasteiger charge is 2.12. The van der Waals surface area contributed by atoms with Crippen LogP contribution in [0.2, 0.25) is 0 Å². The minimum absolute atomic E-state index is 0.949. The zero-order valence-electron chi connectivity index (χ0n) is 11.3. The Balaban J connectivity index is 2.29. The maximum Gasteiger partial charge on any atom is 0.230 e. The predicted molar refractivity (Wildman–Crippen MR) is 77.7 cm³/mol. The summed E-state index contributed by atoms with van der Waals surface area (Å²) < 4.78 is 2.11. The largest absolute Gasteiger partial charge is 0.246 e. The molecule has 0 N–H and O–H groups in total. The van der Waals surface area contributed by atoms with E-state index in [0.29, 0.717) is 0 Å². The molecule has 0 bridgehead atoms. The molecule has 0 aliphatic carbocycles. The van der Waals surface area contributed by atoms with E-state index in [4.69, 9.17) is 4.98 Å². The quantitative estimate of drug-likeness (QED) is 0.637. The first-order chi connectivity index (χ1) is 9.29. The molecule has 2 heteroatoms. The number of pyridine rings is 2. The van der Waals surface area contributed by atoms with E-state index < -0.39 is 0 Å². The van der Waals surface area contributed by atoms with Crippen LogP contribution in [0, 0.1) is 0 Å². The van der Waals surface area contributed by atoms with E-state index in [0.717, 1.165) is 23.5 Å². The molecule has 0 saturated carbocycles. The second kappa shape index (κ2) is 4.81. The molecule has 0 atom stereocenters. The van der Waals surface area contributed by atoms with Gasteiger partial charge in [0.05, 0.1) is 0 Å². The smallest absolute Gasteiger partial charge is 0.230 e. The Kier molecular flexibility index (Phi) is 3.00. The van der Waals surface area contributed by atoms with Crippen molar-refractivity contribution in [3.8, 4) is 11.4 Å². The molecule has 3 aromatic rings. The molecule has 0 amide bonds. The highest BCUT2D eigenvalue weighted by atomic mass is 14.9. The van der Waals surface area contributed by atoms with Gasteiger partial charge in [0.15, 0.2) is 6.20 Å². The summed E-state index contributed by atoms with van der Waals surface area (Å²) in [5.74, 6) is 0. The number of rotatable bonds is 2. The molecule has 2 aromatic heterocycles. The van der Waals surface area contributed by atoms with Gasteiger partial charge in [0.1, 0.15) is 12.7 Å². The van der Waals surface area contributed by atoms with Gasteiger partial charge in [0.25, 0.3) is 0 Å². The first kappa shape index (κ1) is 11.8. The van der Waals surface area contributed by atoms with Crippen molar-refractivity contribution in [2.75, 3.05) is 0 Å². The van der Waals surface area contributed by atoms with Crippen molar-refractivity contribution in [1.29, 1.82) is 0 Å². The van der Waals surface area contributed by atoms with E-state index in [1.54, 1.807) is 0 Å². The monoisotopic (exact) mass is 249 g/mol. The van der Waals surface area contributed by atoms with E-state index in [1.807, 2.05) is 6.07 Å². The first-order valence-electron chi connectivity index (χ1n) is 6.63. The summed E-state index contributed by atoms with van der Waals surface area (Å²) in [6, 6.07) is 16.8. The molecule has 2 nitrogen and oxygen atoms in total. The summed E-state index contributed by atoms with van der Waals surface area (Å²) in [5.41, 5.74) is 3.35. The fourth-order valence-electron chi connectivity index (χ4n) is 2.46. The van der Waals surface area contributed by atoms with Gasteiger partial charge in [-0.3, -0.25) is 0 Å². The highest BCUT2D eigenvalue weighted by molar-refractivity contribution is 5.87. The van der Waals surface area contributed by atoms with Gasteiger partial charge >= 0.3 is 0 Å². The van der Waals surface area contributed by atoms with E-state index in [2.05, 4.69) is 67.2 Å². The Morgan fingerprint density at radius 2 is 1.84 bits per heavy atom. The summed E-state index contributed by atoms with van der Waals surface area (Å²) in [7, 11) is 2.05. The average Bonchev–Trinajstić information content (AvgIpc) is 2.46.